The van der Waals surface area contributed by atoms with Gasteiger partial charge in [-0.05, 0) is 0 Å². The Morgan fingerprint density at radius 3 is 2.76 bits per heavy atom. The van der Waals surface area contributed by atoms with Crippen LogP contribution in [-0.4, -0.2) is 54.8 Å². The SMILES string of the molecule is N#Cc1cn([C@H]2O[C@@H](CO)[C@@H](O)[C@H]2O)c2ncnc(N)c12. The van der Waals surface area contributed by atoms with Gasteiger partial charge in [0.05, 0.1) is 17.6 Å². The van der Waals surface area contributed by atoms with Crippen molar-refractivity contribution in [2.45, 2.75) is 24.5 Å². The predicted molar refractivity (Wildman–Crippen MR) is 69.7 cm³/mol. The summed E-state index contributed by atoms with van der Waals surface area (Å²) in [6, 6.07) is 1.98. The number of anilines is 1. The number of hydrogen-bond donors (Lipinski definition) is 4. The van der Waals surface area contributed by atoms with Crippen molar-refractivity contribution in [2.75, 3.05) is 12.3 Å². The molecule has 0 aromatic carbocycles. The summed E-state index contributed by atoms with van der Waals surface area (Å²) < 4.78 is 6.84. The summed E-state index contributed by atoms with van der Waals surface area (Å²) in [5.41, 5.74) is 6.30. The highest BCUT2D eigenvalue weighted by molar-refractivity contribution is 5.91. The quantitative estimate of drug-likeness (QED) is 0.521. The molecule has 3 heterocycles. The first-order valence-electron chi connectivity index (χ1n) is 6.22. The lowest BCUT2D eigenvalue weighted by molar-refractivity contribution is -0.0508. The average Bonchev–Trinajstić information content (AvgIpc) is 2.99. The van der Waals surface area contributed by atoms with E-state index in [1.807, 2.05) is 6.07 Å². The second-order valence-corrected chi connectivity index (χ2v) is 4.75. The van der Waals surface area contributed by atoms with E-state index in [0.29, 0.717) is 11.0 Å². The van der Waals surface area contributed by atoms with E-state index in [-0.39, 0.29) is 11.4 Å². The number of hydrogen-bond acceptors (Lipinski definition) is 8. The minimum Gasteiger partial charge on any atom is -0.394 e. The summed E-state index contributed by atoms with van der Waals surface area (Å²) in [7, 11) is 0. The number of nitrogens with two attached hydrogens (primary N) is 1. The maximum Gasteiger partial charge on any atom is 0.164 e. The van der Waals surface area contributed by atoms with Crippen LogP contribution < -0.4 is 5.73 Å². The second kappa shape index (κ2) is 4.94. The Balaban J connectivity index is 2.14. The van der Waals surface area contributed by atoms with Gasteiger partial charge in [0.15, 0.2) is 6.23 Å². The molecule has 1 aliphatic rings. The number of aliphatic hydroxyl groups excluding tert-OH is 3. The van der Waals surface area contributed by atoms with E-state index < -0.39 is 31.1 Å². The van der Waals surface area contributed by atoms with E-state index in [2.05, 4.69) is 9.97 Å². The molecule has 5 N–H and O–H groups in total. The maximum absolute atomic E-state index is 10.1. The number of aromatic nitrogens is 3. The van der Waals surface area contributed by atoms with Crippen molar-refractivity contribution in [3.63, 3.8) is 0 Å². The minimum absolute atomic E-state index is 0.141. The van der Waals surface area contributed by atoms with Gasteiger partial charge < -0.3 is 30.4 Å². The summed E-state index contributed by atoms with van der Waals surface area (Å²) in [6.07, 6.45) is -1.72. The Morgan fingerprint density at radius 1 is 1.38 bits per heavy atom. The summed E-state index contributed by atoms with van der Waals surface area (Å²) in [4.78, 5) is 7.88. The lowest BCUT2D eigenvalue weighted by atomic mass is 10.1. The Morgan fingerprint density at radius 2 is 2.14 bits per heavy atom. The van der Waals surface area contributed by atoms with Crippen LogP contribution in [-0.2, 0) is 4.74 Å². The van der Waals surface area contributed by atoms with Gasteiger partial charge in [-0.15, -0.1) is 0 Å². The van der Waals surface area contributed by atoms with Crippen LogP contribution in [0, 0.1) is 11.3 Å². The molecule has 9 nitrogen and oxygen atoms in total. The van der Waals surface area contributed by atoms with Gasteiger partial charge in [0.25, 0.3) is 0 Å². The highest BCUT2D eigenvalue weighted by Gasteiger charge is 2.44. The average molecular weight is 291 g/mol. The maximum atomic E-state index is 10.1. The number of rotatable bonds is 2. The van der Waals surface area contributed by atoms with Crippen LogP contribution >= 0.6 is 0 Å². The molecule has 0 saturated carbocycles. The first-order chi connectivity index (χ1) is 10.1. The molecule has 0 aliphatic carbocycles. The molecule has 0 unspecified atom stereocenters. The van der Waals surface area contributed by atoms with Crippen molar-refractivity contribution in [1.82, 2.24) is 14.5 Å². The molecule has 21 heavy (non-hydrogen) atoms. The Labute approximate surface area is 118 Å². The van der Waals surface area contributed by atoms with Gasteiger partial charge in [-0.1, -0.05) is 0 Å². The molecular formula is C12H13N5O4. The van der Waals surface area contributed by atoms with Crippen molar-refractivity contribution >= 4 is 16.9 Å². The normalized spacial score (nSPS) is 28.9. The second-order valence-electron chi connectivity index (χ2n) is 4.75. The third-order valence-electron chi connectivity index (χ3n) is 3.55. The molecule has 0 bridgehead atoms. The number of nitriles is 1. The van der Waals surface area contributed by atoms with Crippen molar-refractivity contribution in [2.24, 2.45) is 0 Å². The predicted octanol–water partition coefficient (Wildman–Crippen LogP) is -1.50. The van der Waals surface area contributed by atoms with Crippen LogP contribution in [0.2, 0.25) is 0 Å². The number of nitrogen functional groups attached to an aromatic ring is 1. The molecule has 0 radical (unpaired) electrons. The lowest BCUT2D eigenvalue weighted by Crippen LogP contribution is -2.33. The van der Waals surface area contributed by atoms with Gasteiger partial charge in [0, 0.05) is 6.20 Å². The lowest BCUT2D eigenvalue weighted by Gasteiger charge is -2.17. The molecule has 9 heteroatoms. The topological polar surface area (TPSA) is 150 Å². The summed E-state index contributed by atoms with van der Waals surface area (Å²) in [5, 5.41) is 38.5. The molecule has 2 aromatic rings. The van der Waals surface area contributed by atoms with Crippen molar-refractivity contribution in [1.29, 1.82) is 5.26 Å². The van der Waals surface area contributed by atoms with Gasteiger partial charge >= 0.3 is 0 Å². The zero-order chi connectivity index (χ0) is 15.1. The molecule has 1 saturated heterocycles. The third-order valence-corrected chi connectivity index (χ3v) is 3.55. The highest BCUT2D eigenvalue weighted by Crippen LogP contribution is 2.34. The van der Waals surface area contributed by atoms with Gasteiger partial charge in [-0.2, -0.15) is 5.26 Å². The molecule has 1 fully saturated rings. The number of nitrogens with zero attached hydrogens (tertiary/aromatic N) is 4. The standard InChI is InChI=1S/C12H13N5O4/c13-1-5-2-17(11-7(5)10(14)15-4-16-11)12-9(20)8(19)6(3-18)21-12/h2,4,6,8-9,12,18-20H,3H2,(H2,14,15,16)/t6-,8+,9+,12-/m0/s1. The third kappa shape index (κ3) is 1.93. The Hall–Kier alpha value is -2.25. The zero-order valence-electron chi connectivity index (χ0n) is 10.8. The van der Waals surface area contributed by atoms with E-state index in [4.69, 9.17) is 20.8 Å². The summed E-state index contributed by atoms with van der Waals surface area (Å²) in [5.74, 6) is 0.141. The monoisotopic (exact) mass is 291 g/mol. The van der Waals surface area contributed by atoms with E-state index in [0.717, 1.165) is 0 Å². The number of aliphatic hydroxyl groups is 3. The molecule has 1 aliphatic heterocycles. The molecule has 2 aromatic heterocycles. The minimum atomic E-state index is -1.26. The van der Waals surface area contributed by atoms with E-state index >= 15 is 0 Å². The van der Waals surface area contributed by atoms with E-state index in [9.17, 15) is 10.2 Å². The van der Waals surface area contributed by atoms with Crippen LogP contribution in [0.5, 0.6) is 0 Å². The van der Waals surface area contributed by atoms with Gasteiger partial charge in [0.1, 0.15) is 42.2 Å². The first-order valence-corrected chi connectivity index (χ1v) is 6.22. The van der Waals surface area contributed by atoms with Crippen LogP contribution in [0.4, 0.5) is 5.82 Å². The molecule has 0 amide bonds. The molecule has 0 spiro atoms. The fourth-order valence-electron chi connectivity index (χ4n) is 2.50. The first kappa shape index (κ1) is 13.7. The Kier molecular flexibility index (Phi) is 3.23. The fourth-order valence-corrected chi connectivity index (χ4v) is 2.50. The highest BCUT2D eigenvalue weighted by atomic mass is 16.6. The molecule has 110 valence electrons. The molecular weight excluding hydrogens is 278 g/mol. The largest absolute Gasteiger partial charge is 0.394 e. The van der Waals surface area contributed by atoms with Crippen LogP contribution in [0.15, 0.2) is 12.5 Å². The number of fused-ring (bicyclic) bond motifs is 1. The number of ether oxygens (including phenoxy) is 1. The van der Waals surface area contributed by atoms with Crippen molar-refractivity contribution in [3.8, 4) is 6.07 Å². The van der Waals surface area contributed by atoms with Gasteiger partial charge in [0.2, 0.25) is 0 Å². The van der Waals surface area contributed by atoms with Crippen molar-refractivity contribution in [3.05, 3.63) is 18.1 Å². The summed E-state index contributed by atoms with van der Waals surface area (Å²) in [6.45, 7) is -0.434. The fraction of sp³-hybridized carbons (Fsp3) is 0.417. The van der Waals surface area contributed by atoms with Crippen molar-refractivity contribution < 1.29 is 20.1 Å². The van der Waals surface area contributed by atoms with Gasteiger partial charge in [-0.3, -0.25) is 0 Å². The summed E-state index contributed by atoms with van der Waals surface area (Å²) >= 11 is 0. The van der Waals surface area contributed by atoms with Crippen LogP contribution in [0.3, 0.4) is 0 Å². The molecule has 4 atom stereocenters. The zero-order valence-corrected chi connectivity index (χ0v) is 10.8. The van der Waals surface area contributed by atoms with E-state index in [1.54, 1.807) is 0 Å². The van der Waals surface area contributed by atoms with Gasteiger partial charge in [-0.25, -0.2) is 9.97 Å². The smallest absolute Gasteiger partial charge is 0.164 e. The van der Waals surface area contributed by atoms with Crippen LogP contribution in [0.1, 0.15) is 11.8 Å². The Bertz CT molecular complexity index is 724. The van der Waals surface area contributed by atoms with E-state index in [1.165, 1.54) is 17.1 Å². The van der Waals surface area contributed by atoms with Crippen LogP contribution in [0.25, 0.3) is 11.0 Å². The molecule has 3 rings (SSSR count).